The van der Waals surface area contributed by atoms with Gasteiger partial charge >= 0.3 is 5.97 Å². The number of benzene rings is 1. The molecule has 1 heterocycles. The van der Waals surface area contributed by atoms with Gasteiger partial charge in [-0.2, -0.15) is 0 Å². The maximum absolute atomic E-state index is 11.0. The molecule has 4 nitrogen and oxygen atoms in total. The summed E-state index contributed by atoms with van der Waals surface area (Å²) >= 11 is 0. The molecule has 0 bridgehead atoms. The maximum atomic E-state index is 11.0. The molecule has 1 aromatic carbocycles. The number of carbonyl (C=O) groups is 1. The van der Waals surface area contributed by atoms with Crippen LogP contribution in [0, 0.1) is 13.8 Å². The van der Waals surface area contributed by atoms with E-state index in [9.17, 15) is 4.79 Å². The summed E-state index contributed by atoms with van der Waals surface area (Å²) in [6.07, 6.45) is 1.41. The zero-order valence-corrected chi connectivity index (χ0v) is 11.3. The minimum atomic E-state index is -1.03. The van der Waals surface area contributed by atoms with Gasteiger partial charge in [-0.25, -0.2) is 4.79 Å². The molecule has 4 heteroatoms. The second-order valence-electron chi connectivity index (χ2n) is 4.73. The molecule has 1 aromatic heterocycles. The van der Waals surface area contributed by atoms with Crippen molar-refractivity contribution in [2.75, 3.05) is 11.9 Å². The third kappa shape index (κ3) is 2.78. The van der Waals surface area contributed by atoms with Crippen LogP contribution in [0.3, 0.4) is 0 Å². The Morgan fingerprint density at radius 3 is 2.68 bits per heavy atom. The van der Waals surface area contributed by atoms with E-state index in [1.54, 1.807) is 6.07 Å². The van der Waals surface area contributed by atoms with Crippen molar-refractivity contribution in [1.82, 2.24) is 0 Å². The molecule has 0 saturated carbocycles. The van der Waals surface area contributed by atoms with E-state index in [4.69, 9.17) is 9.52 Å². The minimum Gasteiger partial charge on any atom is -0.475 e. The molecule has 0 atom stereocenters. The molecular weight excluding hydrogens is 242 g/mol. The number of carboxylic acid groups (broad SMARTS) is 1. The first-order valence-corrected chi connectivity index (χ1v) is 6.07. The second-order valence-corrected chi connectivity index (χ2v) is 4.73. The first kappa shape index (κ1) is 13.2. The molecule has 0 amide bonds. The third-order valence-electron chi connectivity index (χ3n) is 3.11. The Morgan fingerprint density at radius 2 is 2.05 bits per heavy atom. The molecule has 1 N–H and O–H groups in total. The van der Waals surface area contributed by atoms with E-state index in [-0.39, 0.29) is 5.76 Å². The van der Waals surface area contributed by atoms with Crippen LogP contribution in [0.1, 0.15) is 27.2 Å². The van der Waals surface area contributed by atoms with Crippen molar-refractivity contribution in [2.24, 2.45) is 0 Å². The number of aromatic carboxylic acids is 1. The van der Waals surface area contributed by atoms with Crippen LogP contribution >= 0.6 is 0 Å². The zero-order valence-electron chi connectivity index (χ0n) is 11.3. The summed E-state index contributed by atoms with van der Waals surface area (Å²) < 4.78 is 4.99. The summed E-state index contributed by atoms with van der Waals surface area (Å²) in [5.41, 5.74) is 4.14. The van der Waals surface area contributed by atoms with Crippen LogP contribution < -0.4 is 4.90 Å². The number of hydrogen-bond donors (Lipinski definition) is 1. The van der Waals surface area contributed by atoms with Crippen LogP contribution in [-0.2, 0) is 6.54 Å². The van der Waals surface area contributed by atoms with Crippen molar-refractivity contribution in [2.45, 2.75) is 20.4 Å². The van der Waals surface area contributed by atoms with Crippen LogP contribution in [0.2, 0.25) is 0 Å². The number of aryl methyl sites for hydroxylation is 2. The van der Waals surface area contributed by atoms with Gasteiger partial charge in [0.2, 0.25) is 5.76 Å². The predicted molar refractivity (Wildman–Crippen MR) is 73.7 cm³/mol. The van der Waals surface area contributed by atoms with Gasteiger partial charge in [-0.1, -0.05) is 17.7 Å². The Kier molecular flexibility index (Phi) is 3.60. The molecule has 19 heavy (non-hydrogen) atoms. The van der Waals surface area contributed by atoms with Gasteiger partial charge < -0.3 is 14.4 Å². The number of furan rings is 1. The lowest BCUT2D eigenvalue weighted by atomic mass is 10.1. The van der Waals surface area contributed by atoms with E-state index in [0.29, 0.717) is 12.1 Å². The van der Waals surface area contributed by atoms with Gasteiger partial charge in [0.05, 0.1) is 6.26 Å². The molecule has 2 rings (SSSR count). The van der Waals surface area contributed by atoms with Crippen LogP contribution in [0.4, 0.5) is 5.69 Å². The van der Waals surface area contributed by atoms with Gasteiger partial charge in [-0.05, 0) is 31.5 Å². The van der Waals surface area contributed by atoms with Crippen molar-refractivity contribution in [1.29, 1.82) is 0 Å². The van der Waals surface area contributed by atoms with Crippen molar-refractivity contribution in [3.63, 3.8) is 0 Å². The lowest BCUT2D eigenvalue weighted by molar-refractivity contribution is 0.0661. The summed E-state index contributed by atoms with van der Waals surface area (Å²) in [6.45, 7) is 4.60. The number of hydrogen-bond acceptors (Lipinski definition) is 3. The van der Waals surface area contributed by atoms with Crippen molar-refractivity contribution < 1.29 is 14.3 Å². The van der Waals surface area contributed by atoms with Crippen LogP contribution in [-0.4, -0.2) is 18.1 Å². The van der Waals surface area contributed by atoms with Crippen LogP contribution in [0.15, 0.2) is 34.9 Å². The smallest absolute Gasteiger partial charge is 0.372 e. The van der Waals surface area contributed by atoms with Crippen molar-refractivity contribution in [3.05, 3.63) is 53.0 Å². The van der Waals surface area contributed by atoms with Crippen molar-refractivity contribution >= 4 is 11.7 Å². The zero-order chi connectivity index (χ0) is 14.0. The van der Waals surface area contributed by atoms with Crippen molar-refractivity contribution in [3.8, 4) is 0 Å². The standard InChI is InChI=1S/C15H17NO3/c1-10-4-5-13(11(2)8-10)16(3)9-12-6-7-19-14(12)15(17)18/h4-8H,9H2,1-3H3,(H,17,18). The lowest BCUT2D eigenvalue weighted by Crippen LogP contribution is -2.18. The summed E-state index contributed by atoms with van der Waals surface area (Å²) in [7, 11) is 1.94. The Bertz CT molecular complexity index is 601. The second kappa shape index (κ2) is 5.18. The molecule has 0 aliphatic heterocycles. The SMILES string of the molecule is Cc1ccc(N(C)Cc2ccoc2C(=O)O)c(C)c1. The van der Waals surface area contributed by atoms with E-state index in [1.807, 2.05) is 31.0 Å². The maximum Gasteiger partial charge on any atom is 0.372 e. The first-order chi connectivity index (χ1) is 8.99. The van der Waals surface area contributed by atoms with Gasteiger partial charge in [0.15, 0.2) is 0 Å². The minimum absolute atomic E-state index is 0.0108. The van der Waals surface area contributed by atoms with E-state index in [2.05, 4.69) is 13.0 Å². The predicted octanol–water partition coefficient (Wildman–Crippen LogP) is 3.23. The van der Waals surface area contributed by atoms with Gasteiger partial charge in [-0.15, -0.1) is 0 Å². The topological polar surface area (TPSA) is 53.7 Å². The fraction of sp³-hybridized carbons (Fsp3) is 0.267. The molecule has 0 aliphatic rings. The van der Waals surface area contributed by atoms with Gasteiger partial charge in [0.25, 0.3) is 0 Å². The molecule has 2 aromatic rings. The summed E-state index contributed by atoms with van der Waals surface area (Å²) in [4.78, 5) is 13.0. The number of rotatable bonds is 4. The molecule has 100 valence electrons. The Balaban J connectivity index is 2.23. The third-order valence-corrected chi connectivity index (χ3v) is 3.11. The van der Waals surface area contributed by atoms with Crippen LogP contribution in [0.5, 0.6) is 0 Å². The number of carboxylic acids is 1. The average molecular weight is 259 g/mol. The van der Waals surface area contributed by atoms with E-state index >= 15 is 0 Å². The van der Waals surface area contributed by atoms with E-state index in [1.165, 1.54) is 17.4 Å². The normalized spacial score (nSPS) is 10.5. The van der Waals surface area contributed by atoms with Crippen LogP contribution in [0.25, 0.3) is 0 Å². The largest absolute Gasteiger partial charge is 0.475 e. The highest BCUT2D eigenvalue weighted by Gasteiger charge is 2.16. The highest BCUT2D eigenvalue weighted by Crippen LogP contribution is 2.23. The highest BCUT2D eigenvalue weighted by atomic mass is 16.4. The summed E-state index contributed by atoms with van der Waals surface area (Å²) in [5.74, 6) is -1.02. The lowest BCUT2D eigenvalue weighted by Gasteiger charge is -2.21. The summed E-state index contributed by atoms with van der Waals surface area (Å²) in [5, 5.41) is 9.02. The molecule has 0 radical (unpaired) electrons. The average Bonchev–Trinajstić information content (AvgIpc) is 2.76. The summed E-state index contributed by atoms with van der Waals surface area (Å²) in [6, 6.07) is 7.90. The fourth-order valence-electron chi connectivity index (χ4n) is 2.22. The molecule has 0 aliphatic carbocycles. The Labute approximate surface area is 112 Å². The first-order valence-electron chi connectivity index (χ1n) is 6.07. The molecular formula is C15H17NO3. The number of nitrogens with zero attached hydrogens (tertiary/aromatic N) is 1. The van der Waals surface area contributed by atoms with E-state index < -0.39 is 5.97 Å². The van der Waals surface area contributed by atoms with Gasteiger partial charge in [0.1, 0.15) is 0 Å². The molecule has 0 unspecified atom stereocenters. The monoisotopic (exact) mass is 259 g/mol. The highest BCUT2D eigenvalue weighted by molar-refractivity contribution is 5.86. The molecule has 0 saturated heterocycles. The Hall–Kier alpha value is -2.23. The van der Waals surface area contributed by atoms with E-state index in [0.717, 1.165) is 5.69 Å². The van der Waals surface area contributed by atoms with Gasteiger partial charge in [-0.3, -0.25) is 0 Å². The van der Waals surface area contributed by atoms with Gasteiger partial charge in [0, 0.05) is 24.8 Å². The fourth-order valence-corrected chi connectivity index (χ4v) is 2.22. The molecule has 0 spiro atoms. The quantitative estimate of drug-likeness (QED) is 0.915. The Morgan fingerprint density at radius 1 is 1.32 bits per heavy atom. The number of anilines is 1. The molecule has 0 fully saturated rings.